The van der Waals surface area contributed by atoms with E-state index in [0.717, 1.165) is 44.2 Å². The van der Waals surface area contributed by atoms with E-state index in [9.17, 15) is 10.1 Å². The van der Waals surface area contributed by atoms with Crippen LogP contribution in [0.15, 0.2) is 22.7 Å². The van der Waals surface area contributed by atoms with Crippen LogP contribution in [0.4, 0.5) is 11.5 Å². The van der Waals surface area contributed by atoms with Crippen LogP contribution in [-0.4, -0.2) is 46.1 Å². The summed E-state index contributed by atoms with van der Waals surface area (Å²) < 4.78 is 5.07. The molecule has 2 aromatic rings. The maximum Gasteiger partial charge on any atom is 0.305 e. The molecule has 0 N–H and O–H groups in total. The molecule has 9 nitrogen and oxygen atoms in total. The Kier molecular flexibility index (Phi) is 4.39. The number of piperazine rings is 1. The summed E-state index contributed by atoms with van der Waals surface area (Å²) in [6.45, 7) is 5.67. The van der Waals surface area contributed by atoms with E-state index in [2.05, 4.69) is 15.0 Å². The molecule has 0 amide bonds. The molecule has 2 aromatic heterocycles. The number of hydrogen-bond donors (Lipinski definition) is 0. The number of aromatic nitrogens is 2. The highest BCUT2D eigenvalue weighted by atomic mass is 16.6. The summed E-state index contributed by atoms with van der Waals surface area (Å²) in [5.74, 6) is 1.39. The van der Waals surface area contributed by atoms with Crippen LogP contribution >= 0.6 is 0 Å². The molecule has 24 heavy (non-hydrogen) atoms. The summed E-state index contributed by atoms with van der Waals surface area (Å²) in [5, 5.41) is 23.9. The van der Waals surface area contributed by atoms with Gasteiger partial charge in [0, 0.05) is 44.9 Å². The van der Waals surface area contributed by atoms with Crippen molar-refractivity contribution in [2.24, 2.45) is 0 Å². The Bertz CT molecular complexity index is 789. The summed E-state index contributed by atoms with van der Waals surface area (Å²) in [6, 6.07) is 6.64. The standard InChI is InChI=1S/C15H16N6O3/c1-11-8-12(18-24-11)10-19-4-6-20(7-5-19)15-3-2-14(21(22)23)13(9-16)17-15/h2-3,8H,4-7,10H2,1H3. The second-order valence-corrected chi connectivity index (χ2v) is 5.60. The van der Waals surface area contributed by atoms with Gasteiger partial charge in [0.2, 0.25) is 5.69 Å². The third-order valence-electron chi connectivity index (χ3n) is 3.92. The molecule has 0 aliphatic carbocycles. The Balaban J connectivity index is 1.64. The maximum atomic E-state index is 10.9. The molecular weight excluding hydrogens is 312 g/mol. The minimum Gasteiger partial charge on any atom is -0.361 e. The Hall–Kier alpha value is -2.99. The molecule has 1 aliphatic rings. The third-order valence-corrected chi connectivity index (χ3v) is 3.92. The van der Waals surface area contributed by atoms with Gasteiger partial charge in [-0.3, -0.25) is 15.0 Å². The Morgan fingerprint density at radius 1 is 1.38 bits per heavy atom. The molecule has 0 aromatic carbocycles. The van der Waals surface area contributed by atoms with Crippen LogP contribution in [0.5, 0.6) is 0 Å². The zero-order valence-corrected chi connectivity index (χ0v) is 13.2. The van der Waals surface area contributed by atoms with E-state index < -0.39 is 4.92 Å². The van der Waals surface area contributed by atoms with Crippen LogP contribution in [0, 0.1) is 28.4 Å². The van der Waals surface area contributed by atoms with Crippen LogP contribution in [-0.2, 0) is 6.54 Å². The van der Waals surface area contributed by atoms with Gasteiger partial charge in [-0.15, -0.1) is 0 Å². The number of nitriles is 1. The fraction of sp³-hybridized carbons (Fsp3) is 0.400. The van der Waals surface area contributed by atoms with Crippen molar-refractivity contribution in [2.45, 2.75) is 13.5 Å². The van der Waals surface area contributed by atoms with E-state index >= 15 is 0 Å². The molecule has 1 fully saturated rings. The molecule has 0 radical (unpaired) electrons. The van der Waals surface area contributed by atoms with E-state index in [1.54, 1.807) is 12.1 Å². The fourth-order valence-corrected chi connectivity index (χ4v) is 2.70. The van der Waals surface area contributed by atoms with Gasteiger partial charge in [-0.2, -0.15) is 5.26 Å². The van der Waals surface area contributed by atoms with Gasteiger partial charge in [0.1, 0.15) is 17.6 Å². The molecule has 124 valence electrons. The van der Waals surface area contributed by atoms with Gasteiger partial charge in [-0.25, -0.2) is 4.98 Å². The maximum absolute atomic E-state index is 10.9. The average Bonchev–Trinajstić information content (AvgIpc) is 2.99. The van der Waals surface area contributed by atoms with Crippen molar-refractivity contribution in [3.8, 4) is 6.07 Å². The van der Waals surface area contributed by atoms with Crippen molar-refractivity contribution >= 4 is 11.5 Å². The van der Waals surface area contributed by atoms with E-state index in [0.29, 0.717) is 5.82 Å². The van der Waals surface area contributed by atoms with Gasteiger partial charge in [0.15, 0.2) is 0 Å². The van der Waals surface area contributed by atoms with Crippen LogP contribution < -0.4 is 4.90 Å². The van der Waals surface area contributed by atoms with Gasteiger partial charge < -0.3 is 9.42 Å². The van der Waals surface area contributed by atoms with Crippen LogP contribution in [0.25, 0.3) is 0 Å². The van der Waals surface area contributed by atoms with E-state index in [-0.39, 0.29) is 11.4 Å². The summed E-state index contributed by atoms with van der Waals surface area (Å²) in [6.07, 6.45) is 0. The van der Waals surface area contributed by atoms with E-state index in [4.69, 9.17) is 9.78 Å². The molecule has 0 saturated carbocycles. The lowest BCUT2D eigenvalue weighted by Gasteiger charge is -2.34. The average molecular weight is 328 g/mol. The van der Waals surface area contributed by atoms with Crippen molar-refractivity contribution in [3.63, 3.8) is 0 Å². The highest BCUT2D eigenvalue weighted by molar-refractivity contribution is 5.51. The van der Waals surface area contributed by atoms with Gasteiger partial charge in [-0.1, -0.05) is 5.16 Å². The zero-order chi connectivity index (χ0) is 17.1. The first-order valence-corrected chi connectivity index (χ1v) is 7.52. The lowest BCUT2D eigenvalue weighted by atomic mass is 10.2. The second kappa shape index (κ2) is 6.64. The Morgan fingerprint density at radius 2 is 2.12 bits per heavy atom. The molecular formula is C15H16N6O3. The predicted molar refractivity (Wildman–Crippen MR) is 84.3 cm³/mol. The summed E-state index contributed by atoms with van der Waals surface area (Å²) in [7, 11) is 0. The number of hydrogen-bond acceptors (Lipinski definition) is 8. The van der Waals surface area contributed by atoms with Crippen LogP contribution in [0.3, 0.4) is 0 Å². The molecule has 3 rings (SSSR count). The van der Waals surface area contributed by atoms with Gasteiger partial charge in [0.05, 0.1) is 10.6 Å². The number of rotatable bonds is 4. The first kappa shape index (κ1) is 15.9. The topological polar surface area (TPSA) is 112 Å². The minimum absolute atomic E-state index is 0.155. The smallest absolute Gasteiger partial charge is 0.305 e. The normalized spacial score (nSPS) is 15.2. The van der Waals surface area contributed by atoms with Gasteiger partial charge in [0.25, 0.3) is 0 Å². The number of aryl methyl sites for hydroxylation is 1. The van der Waals surface area contributed by atoms with Crippen molar-refractivity contribution < 1.29 is 9.45 Å². The zero-order valence-electron chi connectivity index (χ0n) is 13.2. The summed E-state index contributed by atoms with van der Waals surface area (Å²) in [4.78, 5) is 18.7. The molecule has 3 heterocycles. The Morgan fingerprint density at radius 3 is 2.71 bits per heavy atom. The summed E-state index contributed by atoms with van der Waals surface area (Å²) in [5.41, 5.74) is 0.487. The van der Waals surface area contributed by atoms with Crippen molar-refractivity contribution in [2.75, 3.05) is 31.1 Å². The van der Waals surface area contributed by atoms with E-state index in [1.807, 2.05) is 17.9 Å². The Labute approximate surface area is 138 Å². The number of nitrogens with zero attached hydrogens (tertiary/aromatic N) is 6. The van der Waals surface area contributed by atoms with Crippen LogP contribution in [0.2, 0.25) is 0 Å². The largest absolute Gasteiger partial charge is 0.361 e. The van der Waals surface area contributed by atoms with Crippen molar-refractivity contribution in [3.05, 3.63) is 45.5 Å². The first-order valence-electron chi connectivity index (χ1n) is 7.52. The SMILES string of the molecule is Cc1cc(CN2CCN(c3ccc([N+](=O)[O-])c(C#N)n3)CC2)no1. The molecule has 0 atom stereocenters. The second-order valence-electron chi connectivity index (χ2n) is 5.60. The molecule has 0 unspecified atom stereocenters. The quantitative estimate of drug-likeness (QED) is 0.612. The lowest BCUT2D eigenvalue weighted by Crippen LogP contribution is -2.46. The first-order chi connectivity index (χ1) is 11.6. The highest BCUT2D eigenvalue weighted by Gasteiger charge is 2.22. The predicted octanol–water partition coefficient (Wildman–Crippen LogP) is 1.48. The molecule has 1 saturated heterocycles. The third kappa shape index (κ3) is 3.33. The van der Waals surface area contributed by atoms with Crippen molar-refractivity contribution in [1.82, 2.24) is 15.0 Å². The molecule has 0 spiro atoms. The molecule has 1 aliphatic heterocycles. The summed E-state index contributed by atoms with van der Waals surface area (Å²) >= 11 is 0. The molecule has 0 bridgehead atoms. The highest BCUT2D eigenvalue weighted by Crippen LogP contribution is 2.22. The fourth-order valence-electron chi connectivity index (χ4n) is 2.70. The monoisotopic (exact) mass is 328 g/mol. The minimum atomic E-state index is -0.590. The van der Waals surface area contributed by atoms with Crippen LogP contribution in [0.1, 0.15) is 17.1 Å². The van der Waals surface area contributed by atoms with E-state index in [1.165, 1.54) is 6.07 Å². The number of nitro groups is 1. The number of anilines is 1. The number of pyridine rings is 1. The molecule has 9 heteroatoms. The van der Waals surface area contributed by atoms with Crippen molar-refractivity contribution in [1.29, 1.82) is 5.26 Å². The lowest BCUT2D eigenvalue weighted by molar-refractivity contribution is -0.385. The van der Waals surface area contributed by atoms with Gasteiger partial charge >= 0.3 is 5.69 Å². The van der Waals surface area contributed by atoms with Gasteiger partial charge in [-0.05, 0) is 13.0 Å².